The number of piperidine rings is 1. The van der Waals surface area contributed by atoms with Crippen molar-refractivity contribution in [2.45, 2.75) is 58.1 Å². The number of rotatable bonds is 9. The van der Waals surface area contributed by atoms with Crippen LogP contribution in [0.25, 0.3) is 0 Å². The van der Waals surface area contributed by atoms with Gasteiger partial charge in [-0.2, -0.15) is 0 Å². The molecule has 2 aliphatic rings. The number of ether oxygens (including phenoxy) is 2. The topological polar surface area (TPSA) is 69.6 Å². The van der Waals surface area contributed by atoms with Crippen LogP contribution in [-0.4, -0.2) is 105 Å². The van der Waals surface area contributed by atoms with Crippen LogP contribution in [0.5, 0.6) is 0 Å². The number of carbonyl (C=O) groups excluding carboxylic acids is 1. The van der Waals surface area contributed by atoms with Gasteiger partial charge in [-0.25, -0.2) is 4.79 Å². The molecule has 30 heavy (non-hydrogen) atoms. The van der Waals surface area contributed by atoms with Crippen molar-refractivity contribution >= 4 is 12.1 Å². The number of nitrogens with zero attached hydrogens (tertiary/aromatic N) is 4. The van der Waals surface area contributed by atoms with Crippen LogP contribution in [0, 0.1) is 5.92 Å². The lowest BCUT2D eigenvalue weighted by Gasteiger charge is -2.40. The molecule has 0 aromatic heterocycles. The van der Waals surface area contributed by atoms with Crippen molar-refractivity contribution in [1.82, 2.24) is 20.0 Å². The molecule has 0 aromatic carbocycles. The number of hydrogen-bond acceptors (Lipinski definition) is 5. The fraction of sp³-hybridized carbons (Fsp3) is 0.909. The van der Waals surface area contributed by atoms with E-state index in [9.17, 15) is 4.79 Å². The van der Waals surface area contributed by atoms with Crippen LogP contribution in [0.2, 0.25) is 0 Å². The molecule has 1 N–H and O–H groups in total. The van der Waals surface area contributed by atoms with Crippen molar-refractivity contribution in [3.05, 3.63) is 0 Å². The van der Waals surface area contributed by atoms with Crippen LogP contribution in [0.15, 0.2) is 4.99 Å². The lowest BCUT2D eigenvalue weighted by Crippen LogP contribution is -2.53. The molecule has 0 bridgehead atoms. The summed E-state index contributed by atoms with van der Waals surface area (Å²) >= 11 is 0. The van der Waals surface area contributed by atoms with Gasteiger partial charge in [-0.3, -0.25) is 4.99 Å². The highest BCUT2D eigenvalue weighted by molar-refractivity contribution is 5.80. The van der Waals surface area contributed by atoms with Gasteiger partial charge in [0.05, 0.1) is 6.61 Å². The molecule has 0 spiro atoms. The third kappa shape index (κ3) is 8.68. The van der Waals surface area contributed by atoms with Gasteiger partial charge in [0.2, 0.25) is 0 Å². The van der Waals surface area contributed by atoms with Gasteiger partial charge in [-0.05, 0) is 59.4 Å². The van der Waals surface area contributed by atoms with Gasteiger partial charge < -0.3 is 29.5 Å². The fourth-order valence-electron chi connectivity index (χ4n) is 3.71. The fourth-order valence-corrected chi connectivity index (χ4v) is 3.71. The Morgan fingerprint density at radius 1 is 1.17 bits per heavy atom. The first-order valence-electron chi connectivity index (χ1n) is 11.4. The highest BCUT2D eigenvalue weighted by Gasteiger charge is 2.35. The van der Waals surface area contributed by atoms with Crippen molar-refractivity contribution in [1.29, 1.82) is 0 Å². The van der Waals surface area contributed by atoms with Crippen molar-refractivity contribution in [2.75, 3.05) is 67.1 Å². The molecule has 8 nitrogen and oxygen atoms in total. The lowest BCUT2D eigenvalue weighted by molar-refractivity contribution is 0.00928. The number of aliphatic imine (C=N–C) groups is 1. The molecular weight excluding hydrogens is 382 g/mol. The summed E-state index contributed by atoms with van der Waals surface area (Å²) in [6, 6.07) is 0.245. The highest BCUT2D eigenvalue weighted by atomic mass is 16.6. The molecule has 8 heteroatoms. The predicted octanol–water partition coefficient (Wildman–Crippen LogP) is 2.25. The van der Waals surface area contributed by atoms with Gasteiger partial charge in [0.15, 0.2) is 5.96 Å². The van der Waals surface area contributed by atoms with Gasteiger partial charge in [0.1, 0.15) is 5.60 Å². The normalized spacial score (nSPS) is 18.6. The monoisotopic (exact) mass is 425 g/mol. The summed E-state index contributed by atoms with van der Waals surface area (Å²) in [5.41, 5.74) is -0.456. The van der Waals surface area contributed by atoms with E-state index < -0.39 is 5.60 Å². The molecule has 1 aliphatic carbocycles. The van der Waals surface area contributed by atoms with E-state index in [-0.39, 0.29) is 12.1 Å². The molecule has 0 radical (unpaired) electrons. The average molecular weight is 426 g/mol. The minimum atomic E-state index is -0.456. The Morgan fingerprint density at radius 2 is 1.83 bits per heavy atom. The van der Waals surface area contributed by atoms with Crippen LogP contribution in [0.4, 0.5) is 4.79 Å². The van der Waals surface area contributed by atoms with Crippen molar-refractivity contribution < 1.29 is 14.3 Å². The molecule has 2 rings (SSSR count). The summed E-state index contributed by atoms with van der Waals surface area (Å²) in [5.74, 6) is 1.60. The van der Waals surface area contributed by atoms with Crippen LogP contribution < -0.4 is 5.32 Å². The molecule has 1 aliphatic heterocycles. The quantitative estimate of drug-likeness (QED) is 0.451. The van der Waals surface area contributed by atoms with Crippen LogP contribution in [-0.2, 0) is 9.47 Å². The van der Waals surface area contributed by atoms with Crippen LogP contribution in [0.3, 0.4) is 0 Å². The molecule has 1 amide bonds. The first kappa shape index (κ1) is 24.7. The molecule has 0 aromatic rings. The second kappa shape index (κ2) is 11.7. The SMILES string of the molecule is CN=C(NCCN(C)CCOC)N1CCC(N(CC2CC2)C(=O)OC(C)(C)C)CC1. The summed E-state index contributed by atoms with van der Waals surface area (Å²) in [6.07, 6.45) is 4.19. The third-order valence-electron chi connectivity index (χ3n) is 5.65. The van der Waals surface area contributed by atoms with Crippen LogP contribution in [0.1, 0.15) is 46.5 Å². The smallest absolute Gasteiger partial charge is 0.410 e. The average Bonchev–Trinajstić information content (AvgIpc) is 3.51. The largest absolute Gasteiger partial charge is 0.444 e. The number of likely N-dealkylation sites (N-methyl/N-ethyl adjacent to an activating group) is 1. The number of amides is 1. The zero-order valence-corrected chi connectivity index (χ0v) is 19.9. The summed E-state index contributed by atoms with van der Waals surface area (Å²) < 4.78 is 10.8. The summed E-state index contributed by atoms with van der Waals surface area (Å²) in [7, 11) is 5.66. The van der Waals surface area contributed by atoms with Gasteiger partial charge in [-0.1, -0.05) is 0 Å². The number of carbonyl (C=O) groups is 1. The van der Waals surface area contributed by atoms with E-state index in [0.717, 1.165) is 64.7 Å². The Morgan fingerprint density at radius 3 is 2.37 bits per heavy atom. The molecule has 1 saturated heterocycles. The molecule has 0 atom stereocenters. The maximum Gasteiger partial charge on any atom is 0.410 e. The minimum Gasteiger partial charge on any atom is -0.444 e. The van der Waals surface area contributed by atoms with Gasteiger partial charge in [-0.15, -0.1) is 0 Å². The van der Waals surface area contributed by atoms with Crippen LogP contribution >= 0.6 is 0 Å². The summed E-state index contributed by atoms with van der Waals surface area (Å²) in [6.45, 7) is 11.9. The molecule has 1 saturated carbocycles. The summed E-state index contributed by atoms with van der Waals surface area (Å²) in [4.78, 5) is 23.8. The van der Waals surface area contributed by atoms with Crippen molar-refractivity contribution in [3.8, 4) is 0 Å². The number of guanidine groups is 1. The molecular formula is C22H43N5O3. The second-order valence-corrected chi connectivity index (χ2v) is 9.56. The van der Waals surface area contributed by atoms with E-state index in [2.05, 4.69) is 27.2 Å². The maximum atomic E-state index is 12.8. The maximum absolute atomic E-state index is 12.8. The highest BCUT2D eigenvalue weighted by Crippen LogP contribution is 2.32. The zero-order chi connectivity index (χ0) is 22.1. The number of methoxy groups -OCH3 is 1. The van der Waals surface area contributed by atoms with E-state index in [1.54, 1.807) is 7.11 Å². The molecule has 0 unspecified atom stereocenters. The van der Waals surface area contributed by atoms with E-state index in [1.807, 2.05) is 32.7 Å². The second-order valence-electron chi connectivity index (χ2n) is 9.56. The Kier molecular flexibility index (Phi) is 9.68. The van der Waals surface area contributed by atoms with Gasteiger partial charge in [0, 0.05) is 59.5 Å². The van der Waals surface area contributed by atoms with E-state index >= 15 is 0 Å². The van der Waals surface area contributed by atoms with E-state index in [4.69, 9.17) is 9.47 Å². The first-order chi connectivity index (χ1) is 14.2. The van der Waals surface area contributed by atoms with E-state index in [1.165, 1.54) is 12.8 Å². The standard InChI is InChI=1S/C22H43N5O3/c1-22(2,3)30-21(28)27(17-18-7-8-18)19-9-12-26(13-10-19)20(23-4)24-11-14-25(5)15-16-29-6/h18-19H,7-17H2,1-6H3,(H,23,24). The zero-order valence-electron chi connectivity index (χ0n) is 19.9. The first-order valence-corrected chi connectivity index (χ1v) is 11.4. The van der Waals surface area contributed by atoms with Crippen molar-refractivity contribution in [3.63, 3.8) is 0 Å². The molecule has 2 fully saturated rings. The Hall–Kier alpha value is -1.54. The summed E-state index contributed by atoms with van der Waals surface area (Å²) in [5, 5.41) is 3.47. The Labute approximate surface area is 183 Å². The number of likely N-dealkylation sites (tertiary alicyclic amines) is 1. The predicted molar refractivity (Wildman–Crippen MR) is 121 cm³/mol. The molecule has 1 heterocycles. The minimum absolute atomic E-state index is 0.158. The number of hydrogen-bond donors (Lipinski definition) is 1. The molecule has 174 valence electrons. The Bertz CT molecular complexity index is 551. The Balaban J connectivity index is 1.82. The lowest BCUT2D eigenvalue weighted by atomic mass is 10.0. The van der Waals surface area contributed by atoms with E-state index in [0.29, 0.717) is 5.92 Å². The van der Waals surface area contributed by atoms with Gasteiger partial charge in [0.25, 0.3) is 0 Å². The third-order valence-corrected chi connectivity index (χ3v) is 5.65. The number of nitrogens with one attached hydrogen (secondary N) is 1. The van der Waals surface area contributed by atoms with Crippen molar-refractivity contribution in [2.24, 2.45) is 10.9 Å². The van der Waals surface area contributed by atoms with Gasteiger partial charge >= 0.3 is 6.09 Å².